The van der Waals surface area contributed by atoms with Crippen LogP contribution in [0.25, 0.3) is 11.0 Å². The summed E-state index contributed by atoms with van der Waals surface area (Å²) in [6, 6.07) is 17.9. The van der Waals surface area contributed by atoms with Gasteiger partial charge in [-0.15, -0.1) is 6.58 Å². The summed E-state index contributed by atoms with van der Waals surface area (Å²) in [6.45, 7) is 9.20. The normalized spacial score (nSPS) is 11.2. The molecule has 0 amide bonds. The van der Waals surface area contributed by atoms with Crippen LogP contribution in [0.5, 0.6) is 0 Å². The number of nitrogens with zero attached hydrogens (tertiary/aromatic N) is 3. The van der Waals surface area contributed by atoms with Crippen LogP contribution in [0.3, 0.4) is 0 Å². The molecule has 0 aliphatic heterocycles. The molecule has 4 rings (SSSR count). The van der Waals surface area contributed by atoms with Crippen LogP contribution in [0, 0.1) is 13.8 Å². The molecule has 0 atom stereocenters. The molecule has 4 nitrogen and oxygen atoms in total. The molecule has 0 spiro atoms. The van der Waals surface area contributed by atoms with Crippen molar-refractivity contribution < 1.29 is 4.79 Å². The number of hydrogen-bond acceptors (Lipinski definition) is 3. The monoisotopic (exact) mass is 449 g/mol. The van der Waals surface area contributed by atoms with Gasteiger partial charge in [0.15, 0.2) is 10.9 Å². The number of benzene rings is 2. The number of carbonyl (C=O) groups excluding carboxylic acids is 1. The molecule has 0 bridgehead atoms. The van der Waals surface area contributed by atoms with E-state index >= 15 is 0 Å². The minimum Gasteiger partial charge on any atom is -0.345 e. The van der Waals surface area contributed by atoms with Gasteiger partial charge < -0.3 is 9.13 Å². The van der Waals surface area contributed by atoms with Crippen LogP contribution in [-0.2, 0) is 13.1 Å². The second-order valence-electron chi connectivity index (χ2n) is 7.50. The van der Waals surface area contributed by atoms with E-state index in [2.05, 4.69) is 27.8 Å². The van der Waals surface area contributed by atoms with Crippen molar-refractivity contribution in [2.45, 2.75) is 32.1 Å². The van der Waals surface area contributed by atoms with Crippen molar-refractivity contribution in [1.82, 2.24) is 14.1 Å². The van der Waals surface area contributed by atoms with Crippen molar-refractivity contribution in [3.8, 4) is 0 Å². The average Bonchev–Trinajstić information content (AvgIpc) is 3.24. The molecule has 0 saturated heterocycles. The van der Waals surface area contributed by atoms with Gasteiger partial charge in [0.05, 0.1) is 23.3 Å². The number of rotatable bonds is 8. The maximum absolute atomic E-state index is 13.0. The minimum atomic E-state index is 0.102. The standard InChI is InChI=1S/C25H24ClN3OS/c1-4-12-28-17(2)13-21(18(28)3)24(30)16-31-25-27-22-14-20(26)10-11-23(22)29(25)15-19-8-6-5-7-9-19/h4-11,13-14H,1,12,15-16H2,2-3H3. The Labute approximate surface area is 191 Å². The van der Waals surface area contributed by atoms with Gasteiger partial charge in [0.1, 0.15) is 0 Å². The Morgan fingerprint density at radius 2 is 1.90 bits per heavy atom. The summed E-state index contributed by atoms with van der Waals surface area (Å²) in [5.41, 5.74) is 5.83. The predicted molar refractivity (Wildman–Crippen MR) is 129 cm³/mol. The van der Waals surface area contributed by atoms with E-state index in [0.29, 0.717) is 23.9 Å². The van der Waals surface area contributed by atoms with Crippen molar-refractivity contribution in [1.29, 1.82) is 0 Å². The first-order valence-corrected chi connectivity index (χ1v) is 11.5. The van der Waals surface area contributed by atoms with E-state index in [-0.39, 0.29) is 5.78 Å². The molecule has 0 aliphatic rings. The molecule has 0 fully saturated rings. The van der Waals surface area contributed by atoms with Gasteiger partial charge in [-0.05, 0) is 43.7 Å². The largest absolute Gasteiger partial charge is 0.345 e. The molecule has 31 heavy (non-hydrogen) atoms. The topological polar surface area (TPSA) is 39.8 Å². The number of fused-ring (bicyclic) bond motifs is 1. The molecule has 0 radical (unpaired) electrons. The summed E-state index contributed by atoms with van der Waals surface area (Å²) < 4.78 is 4.26. The molecule has 0 unspecified atom stereocenters. The second kappa shape index (κ2) is 9.16. The zero-order valence-corrected chi connectivity index (χ0v) is 19.2. The zero-order chi connectivity index (χ0) is 22.0. The Kier molecular flexibility index (Phi) is 6.35. The summed E-state index contributed by atoms with van der Waals surface area (Å²) in [5.74, 6) is 0.425. The first kappa shape index (κ1) is 21.5. The molecular formula is C25H24ClN3OS. The molecule has 0 N–H and O–H groups in total. The maximum Gasteiger partial charge on any atom is 0.175 e. The molecule has 2 heterocycles. The summed E-state index contributed by atoms with van der Waals surface area (Å²) in [5, 5.41) is 1.47. The van der Waals surface area contributed by atoms with Gasteiger partial charge in [-0.25, -0.2) is 4.98 Å². The highest BCUT2D eigenvalue weighted by Crippen LogP contribution is 2.28. The van der Waals surface area contributed by atoms with Crippen LogP contribution in [0.15, 0.2) is 72.4 Å². The molecule has 158 valence electrons. The second-order valence-corrected chi connectivity index (χ2v) is 8.87. The summed E-state index contributed by atoms with van der Waals surface area (Å²) in [4.78, 5) is 17.8. The molecule has 6 heteroatoms. The highest BCUT2D eigenvalue weighted by molar-refractivity contribution is 7.99. The first-order chi connectivity index (χ1) is 15.0. The van der Waals surface area contributed by atoms with Crippen molar-refractivity contribution in [3.05, 3.63) is 94.8 Å². The SMILES string of the molecule is C=CCn1c(C)cc(C(=O)CSc2nc3cc(Cl)ccc3n2Cc2ccccc2)c1C. The van der Waals surface area contributed by atoms with Gasteiger partial charge in [-0.2, -0.15) is 0 Å². The van der Waals surface area contributed by atoms with E-state index < -0.39 is 0 Å². The molecular weight excluding hydrogens is 426 g/mol. The lowest BCUT2D eigenvalue weighted by atomic mass is 10.2. The predicted octanol–water partition coefficient (Wildman–Crippen LogP) is 6.32. The number of imidazole rings is 1. The van der Waals surface area contributed by atoms with Crippen LogP contribution in [0.1, 0.15) is 27.3 Å². The lowest BCUT2D eigenvalue weighted by Gasteiger charge is -2.09. The number of aromatic nitrogens is 3. The Balaban J connectivity index is 1.62. The third-order valence-electron chi connectivity index (χ3n) is 5.38. The number of thioether (sulfide) groups is 1. The molecule has 2 aromatic heterocycles. The van der Waals surface area contributed by atoms with E-state index in [1.807, 2.05) is 62.4 Å². The number of aryl methyl sites for hydroxylation is 1. The highest BCUT2D eigenvalue weighted by atomic mass is 35.5. The van der Waals surface area contributed by atoms with E-state index in [1.165, 1.54) is 17.3 Å². The number of carbonyl (C=O) groups is 1. The van der Waals surface area contributed by atoms with Crippen LogP contribution >= 0.6 is 23.4 Å². The number of Topliss-reactive ketones (excluding diaryl/α,β-unsaturated/α-hetero) is 1. The summed E-state index contributed by atoms with van der Waals surface area (Å²) >= 11 is 7.66. The Morgan fingerprint density at radius 1 is 1.13 bits per heavy atom. The highest BCUT2D eigenvalue weighted by Gasteiger charge is 2.18. The number of ketones is 1. The van der Waals surface area contributed by atoms with Crippen LogP contribution in [0.2, 0.25) is 5.02 Å². The lowest BCUT2D eigenvalue weighted by molar-refractivity contribution is 0.102. The van der Waals surface area contributed by atoms with Gasteiger partial charge in [0, 0.05) is 28.5 Å². The Hall–Kier alpha value is -2.76. The fraction of sp³-hybridized carbons (Fsp3) is 0.200. The van der Waals surface area contributed by atoms with Crippen LogP contribution in [0.4, 0.5) is 0 Å². The summed E-state index contributed by atoms with van der Waals surface area (Å²) in [6.07, 6.45) is 1.85. The quantitative estimate of drug-likeness (QED) is 0.179. The number of hydrogen-bond donors (Lipinski definition) is 0. The maximum atomic E-state index is 13.0. The van der Waals surface area contributed by atoms with E-state index in [9.17, 15) is 4.79 Å². The molecule has 2 aromatic carbocycles. The van der Waals surface area contributed by atoms with E-state index in [1.54, 1.807) is 0 Å². The first-order valence-electron chi connectivity index (χ1n) is 10.1. The van der Waals surface area contributed by atoms with E-state index in [0.717, 1.165) is 33.1 Å². The Bertz CT molecular complexity index is 1260. The van der Waals surface area contributed by atoms with Gasteiger partial charge >= 0.3 is 0 Å². The van der Waals surface area contributed by atoms with Crippen molar-refractivity contribution in [2.24, 2.45) is 0 Å². The smallest absolute Gasteiger partial charge is 0.175 e. The minimum absolute atomic E-state index is 0.102. The zero-order valence-electron chi connectivity index (χ0n) is 17.6. The average molecular weight is 450 g/mol. The van der Waals surface area contributed by atoms with Crippen molar-refractivity contribution in [2.75, 3.05) is 5.75 Å². The van der Waals surface area contributed by atoms with Gasteiger partial charge in [0.2, 0.25) is 0 Å². The number of halogens is 1. The molecule has 0 saturated carbocycles. The third kappa shape index (κ3) is 4.48. The van der Waals surface area contributed by atoms with Crippen molar-refractivity contribution in [3.63, 3.8) is 0 Å². The van der Waals surface area contributed by atoms with E-state index in [4.69, 9.17) is 16.6 Å². The third-order valence-corrected chi connectivity index (χ3v) is 6.59. The molecule has 4 aromatic rings. The van der Waals surface area contributed by atoms with Gasteiger partial charge in [-0.1, -0.05) is 59.8 Å². The Morgan fingerprint density at radius 3 is 2.65 bits per heavy atom. The van der Waals surface area contributed by atoms with Crippen LogP contribution < -0.4 is 0 Å². The lowest BCUT2D eigenvalue weighted by Crippen LogP contribution is -2.07. The number of allylic oxidation sites excluding steroid dienone is 1. The van der Waals surface area contributed by atoms with Crippen molar-refractivity contribution >= 4 is 40.2 Å². The van der Waals surface area contributed by atoms with Crippen LogP contribution in [-0.4, -0.2) is 25.7 Å². The summed E-state index contributed by atoms with van der Waals surface area (Å²) in [7, 11) is 0. The fourth-order valence-corrected chi connectivity index (χ4v) is 4.87. The fourth-order valence-electron chi connectivity index (χ4n) is 3.81. The molecule has 0 aliphatic carbocycles. The van der Waals surface area contributed by atoms with Gasteiger partial charge in [0.25, 0.3) is 0 Å². The van der Waals surface area contributed by atoms with Gasteiger partial charge in [-0.3, -0.25) is 4.79 Å².